The Kier molecular flexibility index (Phi) is 6.28. The highest BCUT2D eigenvalue weighted by molar-refractivity contribution is 5.81. The Morgan fingerprint density at radius 3 is 2.27 bits per heavy atom. The summed E-state index contributed by atoms with van der Waals surface area (Å²) in [5.41, 5.74) is 2.76. The van der Waals surface area contributed by atoms with Crippen molar-refractivity contribution in [3.05, 3.63) is 60.2 Å². The van der Waals surface area contributed by atoms with Crippen LogP contribution in [0.5, 0.6) is 0 Å². The van der Waals surface area contributed by atoms with Gasteiger partial charge in [0, 0.05) is 44.6 Å². The van der Waals surface area contributed by atoms with Crippen molar-refractivity contribution in [2.75, 3.05) is 31.1 Å². The first-order valence-corrected chi connectivity index (χ1v) is 11.9. The SMILES string of the molecule is O=C(NCc1ccccc1)C1CCN(C(=O)C2CCN(c3nc4ccccc4o3)CC2)CC1. The summed E-state index contributed by atoms with van der Waals surface area (Å²) in [6, 6.07) is 18.4. The molecular formula is C26H30N4O3. The number of hydrogen-bond donors (Lipinski definition) is 1. The Morgan fingerprint density at radius 2 is 1.55 bits per heavy atom. The van der Waals surface area contributed by atoms with Gasteiger partial charge in [0.25, 0.3) is 6.01 Å². The van der Waals surface area contributed by atoms with E-state index in [9.17, 15) is 9.59 Å². The van der Waals surface area contributed by atoms with Gasteiger partial charge in [0.15, 0.2) is 5.58 Å². The summed E-state index contributed by atoms with van der Waals surface area (Å²) in [6.45, 7) is 3.40. The van der Waals surface area contributed by atoms with Crippen LogP contribution in [0.3, 0.4) is 0 Å². The number of likely N-dealkylation sites (tertiary alicyclic amines) is 1. The minimum Gasteiger partial charge on any atom is -0.423 e. The van der Waals surface area contributed by atoms with Gasteiger partial charge in [0.2, 0.25) is 11.8 Å². The molecule has 172 valence electrons. The average molecular weight is 447 g/mol. The highest BCUT2D eigenvalue weighted by atomic mass is 16.4. The van der Waals surface area contributed by atoms with Gasteiger partial charge in [0.1, 0.15) is 5.52 Å². The molecule has 2 aliphatic rings. The monoisotopic (exact) mass is 446 g/mol. The lowest BCUT2D eigenvalue weighted by Gasteiger charge is -2.36. The molecule has 2 fully saturated rings. The predicted molar refractivity (Wildman–Crippen MR) is 127 cm³/mol. The quantitative estimate of drug-likeness (QED) is 0.648. The summed E-state index contributed by atoms with van der Waals surface area (Å²) in [4.78, 5) is 34.3. The van der Waals surface area contributed by atoms with Crippen molar-refractivity contribution in [2.24, 2.45) is 11.8 Å². The van der Waals surface area contributed by atoms with Crippen LogP contribution in [0.25, 0.3) is 11.1 Å². The van der Waals surface area contributed by atoms with Gasteiger partial charge in [-0.1, -0.05) is 42.5 Å². The third kappa shape index (κ3) is 4.87. The molecule has 0 aliphatic carbocycles. The topological polar surface area (TPSA) is 78.7 Å². The number of para-hydroxylation sites is 2. The molecule has 7 nitrogen and oxygen atoms in total. The lowest BCUT2D eigenvalue weighted by Crippen LogP contribution is -2.47. The number of nitrogens with one attached hydrogen (secondary N) is 1. The Labute approximate surface area is 193 Å². The molecule has 0 spiro atoms. The summed E-state index contributed by atoms with van der Waals surface area (Å²) in [5.74, 6) is 0.348. The van der Waals surface area contributed by atoms with E-state index in [1.54, 1.807) is 0 Å². The molecule has 2 amide bonds. The van der Waals surface area contributed by atoms with Gasteiger partial charge in [0.05, 0.1) is 0 Å². The van der Waals surface area contributed by atoms with Gasteiger partial charge < -0.3 is 19.5 Å². The van der Waals surface area contributed by atoms with E-state index in [-0.39, 0.29) is 23.7 Å². The third-order valence-corrected chi connectivity index (χ3v) is 6.88. The van der Waals surface area contributed by atoms with Crippen molar-refractivity contribution >= 4 is 28.9 Å². The minimum atomic E-state index is -0.0150. The second-order valence-corrected chi connectivity index (χ2v) is 9.03. The molecule has 1 N–H and O–H groups in total. The second-order valence-electron chi connectivity index (χ2n) is 9.03. The van der Waals surface area contributed by atoms with Crippen LogP contribution in [0.2, 0.25) is 0 Å². The van der Waals surface area contributed by atoms with Crippen LogP contribution < -0.4 is 10.2 Å². The van der Waals surface area contributed by atoms with Gasteiger partial charge in [-0.25, -0.2) is 0 Å². The van der Waals surface area contributed by atoms with Crippen molar-refractivity contribution < 1.29 is 14.0 Å². The summed E-state index contributed by atoms with van der Waals surface area (Å²) in [6.07, 6.45) is 3.06. The highest BCUT2D eigenvalue weighted by Crippen LogP contribution is 2.28. The van der Waals surface area contributed by atoms with Gasteiger partial charge in [-0.15, -0.1) is 0 Å². The summed E-state index contributed by atoms with van der Waals surface area (Å²) >= 11 is 0. The zero-order chi connectivity index (χ0) is 22.6. The number of benzene rings is 2. The summed E-state index contributed by atoms with van der Waals surface area (Å²) < 4.78 is 5.88. The number of fused-ring (bicyclic) bond motifs is 1. The Bertz CT molecular complexity index is 1060. The van der Waals surface area contributed by atoms with Gasteiger partial charge >= 0.3 is 0 Å². The van der Waals surface area contributed by atoms with Gasteiger partial charge in [-0.05, 0) is 43.4 Å². The molecule has 5 rings (SSSR count). The fourth-order valence-electron chi connectivity index (χ4n) is 4.86. The molecule has 33 heavy (non-hydrogen) atoms. The fourth-order valence-corrected chi connectivity index (χ4v) is 4.86. The zero-order valence-electron chi connectivity index (χ0n) is 18.8. The van der Waals surface area contributed by atoms with Crippen molar-refractivity contribution in [3.8, 4) is 0 Å². The first-order valence-electron chi connectivity index (χ1n) is 11.9. The molecule has 0 atom stereocenters. The van der Waals surface area contributed by atoms with E-state index < -0.39 is 0 Å². The van der Waals surface area contributed by atoms with Gasteiger partial charge in [-0.3, -0.25) is 9.59 Å². The van der Waals surface area contributed by atoms with Crippen molar-refractivity contribution in [2.45, 2.75) is 32.2 Å². The molecule has 0 saturated carbocycles. The summed E-state index contributed by atoms with van der Waals surface area (Å²) in [7, 11) is 0. The van der Waals surface area contributed by atoms with Crippen molar-refractivity contribution in [1.29, 1.82) is 0 Å². The number of anilines is 1. The van der Waals surface area contributed by atoms with E-state index in [1.807, 2.05) is 59.5 Å². The van der Waals surface area contributed by atoms with Crippen LogP contribution in [-0.4, -0.2) is 47.9 Å². The zero-order valence-corrected chi connectivity index (χ0v) is 18.8. The maximum Gasteiger partial charge on any atom is 0.298 e. The van der Waals surface area contributed by atoms with E-state index in [0.29, 0.717) is 25.6 Å². The molecular weight excluding hydrogens is 416 g/mol. The Morgan fingerprint density at radius 1 is 0.879 bits per heavy atom. The third-order valence-electron chi connectivity index (χ3n) is 6.88. The number of oxazole rings is 1. The number of amides is 2. The molecule has 3 heterocycles. The smallest absolute Gasteiger partial charge is 0.298 e. The molecule has 3 aromatic rings. The molecule has 2 saturated heterocycles. The molecule has 2 aromatic carbocycles. The Balaban J connectivity index is 1.08. The lowest BCUT2D eigenvalue weighted by atomic mass is 9.91. The van der Waals surface area contributed by atoms with E-state index in [1.165, 1.54) is 0 Å². The van der Waals surface area contributed by atoms with Crippen LogP contribution in [0.15, 0.2) is 59.0 Å². The maximum atomic E-state index is 13.1. The van der Waals surface area contributed by atoms with Gasteiger partial charge in [-0.2, -0.15) is 4.98 Å². The first kappa shape index (κ1) is 21.5. The molecule has 0 bridgehead atoms. The van der Waals surface area contributed by atoms with E-state index in [0.717, 1.165) is 55.4 Å². The first-order chi connectivity index (χ1) is 16.2. The number of carbonyl (C=O) groups is 2. The lowest BCUT2D eigenvalue weighted by molar-refractivity contribution is -0.139. The highest BCUT2D eigenvalue weighted by Gasteiger charge is 2.33. The number of hydrogen-bond acceptors (Lipinski definition) is 5. The number of nitrogens with zero attached hydrogens (tertiary/aromatic N) is 3. The van der Waals surface area contributed by atoms with Crippen molar-refractivity contribution in [3.63, 3.8) is 0 Å². The van der Waals surface area contributed by atoms with Crippen LogP contribution in [-0.2, 0) is 16.1 Å². The number of aromatic nitrogens is 1. The molecule has 1 aromatic heterocycles. The summed E-state index contributed by atoms with van der Waals surface area (Å²) in [5, 5.41) is 3.04. The van der Waals surface area contributed by atoms with E-state index in [4.69, 9.17) is 4.42 Å². The maximum absolute atomic E-state index is 13.1. The normalized spacial score (nSPS) is 17.9. The molecule has 7 heteroatoms. The molecule has 2 aliphatic heterocycles. The number of rotatable bonds is 5. The standard InChI is InChI=1S/C26H30N4O3/c31-24(27-18-19-6-2-1-3-7-19)20-10-14-29(15-11-20)25(32)21-12-16-30(17-13-21)26-28-22-8-4-5-9-23(22)33-26/h1-9,20-21H,10-18H2,(H,27,31). The van der Waals surface area contributed by atoms with Crippen LogP contribution in [0.4, 0.5) is 6.01 Å². The van der Waals surface area contributed by atoms with Crippen molar-refractivity contribution in [1.82, 2.24) is 15.2 Å². The number of carbonyl (C=O) groups excluding carboxylic acids is 2. The minimum absolute atomic E-state index is 0.0150. The largest absolute Gasteiger partial charge is 0.423 e. The average Bonchev–Trinajstić information content (AvgIpc) is 3.32. The van der Waals surface area contributed by atoms with E-state index in [2.05, 4.69) is 15.2 Å². The fraction of sp³-hybridized carbons (Fsp3) is 0.423. The van der Waals surface area contributed by atoms with Crippen LogP contribution >= 0.6 is 0 Å². The molecule has 0 radical (unpaired) electrons. The molecule has 0 unspecified atom stereocenters. The predicted octanol–water partition coefficient (Wildman–Crippen LogP) is 3.60. The number of piperidine rings is 2. The Hall–Kier alpha value is -3.35. The van der Waals surface area contributed by atoms with E-state index >= 15 is 0 Å². The van der Waals surface area contributed by atoms with Crippen LogP contribution in [0.1, 0.15) is 31.2 Å². The second kappa shape index (κ2) is 9.65. The van der Waals surface area contributed by atoms with Crippen LogP contribution in [0, 0.1) is 11.8 Å².